The molecule has 0 saturated carbocycles. The molecule has 0 spiro atoms. The van der Waals surface area contributed by atoms with Crippen LogP contribution in [0.2, 0.25) is 4.34 Å². The molecule has 1 aliphatic heterocycles. The van der Waals surface area contributed by atoms with Crippen LogP contribution in [0.25, 0.3) is 0 Å². The highest BCUT2D eigenvalue weighted by atomic mass is 35.5. The summed E-state index contributed by atoms with van der Waals surface area (Å²) in [5.74, 6) is 0.641. The van der Waals surface area contributed by atoms with E-state index >= 15 is 0 Å². The lowest BCUT2D eigenvalue weighted by molar-refractivity contribution is -0.385. The highest BCUT2D eigenvalue weighted by Gasteiger charge is 2.30. The second-order valence-corrected chi connectivity index (χ2v) is 9.42. The topological polar surface area (TPSA) is 96.7 Å². The van der Waals surface area contributed by atoms with Gasteiger partial charge in [-0.3, -0.25) is 10.1 Å². The number of nitrogens with zero attached hydrogens (tertiary/aromatic N) is 4. The Balaban J connectivity index is 1.73. The van der Waals surface area contributed by atoms with Gasteiger partial charge in [0.1, 0.15) is 16.2 Å². The summed E-state index contributed by atoms with van der Waals surface area (Å²) in [5.41, 5.74) is 0.632. The molecule has 3 rings (SSSR count). The summed E-state index contributed by atoms with van der Waals surface area (Å²) in [6, 6.07) is 4.55. The van der Waals surface area contributed by atoms with Crippen molar-refractivity contribution in [2.24, 2.45) is 0 Å². The van der Waals surface area contributed by atoms with Gasteiger partial charge >= 0.3 is 0 Å². The maximum absolute atomic E-state index is 12.6. The van der Waals surface area contributed by atoms with Crippen LogP contribution < -0.4 is 4.90 Å². The van der Waals surface area contributed by atoms with Crippen LogP contribution in [0, 0.1) is 17.0 Å². The van der Waals surface area contributed by atoms with Gasteiger partial charge in [0.15, 0.2) is 0 Å². The summed E-state index contributed by atoms with van der Waals surface area (Å²) in [6.45, 7) is 3.31. The van der Waals surface area contributed by atoms with E-state index in [0.717, 1.165) is 11.3 Å². The van der Waals surface area contributed by atoms with Gasteiger partial charge in [-0.2, -0.15) is 4.31 Å². The van der Waals surface area contributed by atoms with Gasteiger partial charge in [0.2, 0.25) is 0 Å². The second-order valence-electron chi connectivity index (χ2n) is 5.54. The van der Waals surface area contributed by atoms with Crippen molar-refractivity contribution in [2.45, 2.75) is 11.1 Å². The number of aromatic nitrogens is 1. The summed E-state index contributed by atoms with van der Waals surface area (Å²) in [6.07, 6.45) is 1.22. The van der Waals surface area contributed by atoms with Crippen molar-refractivity contribution < 1.29 is 13.3 Å². The van der Waals surface area contributed by atoms with Gasteiger partial charge in [-0.25, -0.2) is 13.4 Å². The van der Waals surface area contributed by atoms with Crippen LogP contribution in [-0.4, -0.2) is 48.8 Å². The van der Waals surface area contributed by atoms with Crippen molar-refractivity contribution in [1.29, 1.82) is 0 Å². The fourth-order valence-corrected chi connectivity index (χ4v) is 5.75. The number of aryl methyl sites for hydroxylation is 1. The number of rotatable bonds is 4. The molecule has 8 nitrogen and oxygen atoms in total. The molecule has 11 heteroatoms. The third kappa shape index (κ3) is 3.61. The largest absolute Gasteiger partial charge is 0.354 e. The fraction of sp³-hybridized carbons (Fsp3) is 0.357. The molecule has 0 bridgehead atoms. The molecule has 134 valence electrons. The minimum Gasteiger partial charge on any atom is -0.354 e. The van der Waals surface area contributed by atoms with E-state index in [1.807, 2.05) is 4.90 Å². The van der Waals surface area contributed by atoms with Crippen molar-refractivity contribution >= 4 is 44.5 Å². The van der Waals surface area contributed by atoms with E-state index in [1.54, 1.807) is 13.0 Å². The Kier molecular flexibility index (Phi) is 4.96. The van der Waals surface area contributed by atoms with Gasteiger partial charge in [-0.15, -0.1) is 11.3 Å². The highest BCUT2D eigenvalue weighted by Crippen LogP contribution is 2.29. The molecule has 1 fully saturated rings. The molecule has 25 heavy (non-hydrogen) atoms. The third-order valence-electron chi connectivity index (χ3n) is 3.93. The number of sulfonamides is 1. The zero-order valence-corrected chi connectivity index (χ0v) is 15.6. The molecule has 3 heterocycles. The van der Waals surface area contributed by atoms with Crippen molar-refractivity contribution in [3.05, 3.63) is 44.4 Å². The van der Waals surface area contributed by atoms with Gasteiger partial charge < -0.3 is 4.90 Å². The van der Waals surface area contributed by atoms with Gasteiger partial charge in [0, 0.05) is 32.2 Å². The van der Waals surface area contributed by atoms with Crippen molar-refractivity contribution in [1.82, 2.24) is 9.29 Å². The SMILES string of the molecule is Cc1cc([N+](=O)[O-])cnc1N1CCN(S(=O)(=O)c2ccc(Cl)s2)CC1. The lowest BCUT2D eigenvalue weighted by Crippen LogP contribution is -2.49. The molecule has 2 aromatic rings. The zero-order valence-electron chi connectivity index (χ0n) is 13.3. The number of halogens is 1. The van der Waals surface area contributed by atoms with Gasteiger partial charge in [-0.05, 0) is 24.6 Å². The fourth-order valence-electron chi connectivity index (χ4n) is 2.69. The molecule has 0 N–H and O–H groups in total. The first kappa shape index (κ1) is 18.1. The van der Waals surface area contributed by atoms with E-state index in [9.17, 15) is 18.5 Å². The number of piperazine rings is 1. The van der Waals surface area contributed by atoms with Crippen LogP contribution in [-0.2, 0) is 10.0 Å². The second kappa shape index (κ2) is 6.87. The molecule has 0 amide bonds. The number of hydrogen-bond donors (Lipinski definition) is 0. The normalized spacial score (nSPS) is 16.2. The van der Waals surface area contributed by atoms with Crippen LogP contribution in [0.5, 0.6) is 0 Å². The van der Waals surface area contributed by atoms with Crippen molar-refractivity contribution in [3.8, 4) is 0 Å². The van der Waals surface area contributed by atoms with E-state index < -0.39 is 14.9 Å². The maximum Gasteiger partial charge on any atom is 0.287 e. The third-order valence-corrected chi connectivity index (χ3v) is 7.53. The van der Waals surface area contributed by atoms with Crippen LogP contribution in [0.1, 0.15) is 5.56 Å². The minimum atomic E-state index is -3.54. The van der Waals surface area contributed by atoms with Gasteiger partial charge in [-0.1, -0.05) is 11.6 Å². The number of nitro groups is 1. The van der Waals surface area contributed by atoms with Crippen molar-refractivity contribution in [2.75, 3.05) is 31.1 Å². The Morgan fingerprint density at radius 2 is 1.96 bits per heavy atom. The van der Waals surface area contributed by atoms with E-state index in [2.05, 4.69) is 4.98 Å². The quantitative estimate of drug-likeness (QED) is 0.575. The molecule has 0 atom stereocenters. The lowest BCUT2D eigenvalue weighted by atomic mass is 10.2. The van der Waals surface area contributed by atoms with Crippen molar-refractivity contribution in [3.63, 3.8) is 0 Å². The average molecular weight is 403 g/mol. The first-order valence-electron chi connectivity index (χ1n) is 7.40. The Labute approximate surface area is 153 Å². The molecular formula is C14H15ClN4O4S2. The Morgan fingerprint density at radius 1 is 1.28 bits per heavy atom. The number of pyridine rings is 1. The number of anilines is 1. The predicted octanol–water partition coefficient (Wildman–Crippen LogP) is 2.52. The molecule has 0 radical (unpaired) electrons. The zero-order chi connectivity index (χ0) is 18.2. The van der Waals surface area contributed by atoms with E-state index in [-0.39, 0.29) is 9.90 Å². The van der Waals surface area contributed by atoms with E-state index in [0.29, 0.717) is 41.9 Å². The molecule has 0 unspecified atom stereocenters. The summed E-state index contributed by atoms with van der Waals surface area (Å²) in [5, 5.41) is 10.8. The average Bonchev–Trinajstić information content (AvgIpc) is 3.02. The summed E-state index contributed by atoms with van der Waals surface area (Å²) in [4.78, 5) is 16.4. The first-order valence-corrected chi connectivity index (χ1v) is 10.0. The van der Waals surface area contributed by atoms with Gasteiger partial charge in [0.05, 0.1) is 9.26 Å². The monoisotopic (exact) mass is 402 g/mol. The molecular weight excluding hydrogens is 388 g/mol. The first-order chi connectivity index (χ1) is 11.8. The Hall–Kier alpha value is -1.75. The highest BCUT2D eigenvalue weighted by molar-refractivity contribution is 7.91. The molecule has 0 aromatic carbocycles. The van der Waals surface area contributed by atoms with E-state index in [4.69, 9.17) is 11.6 Å². The molecule has 1 saturated heterocycles. The molecule has 0 aliphatic carbocycles. The summed E-state index contributed by atoms with van der Waals surface area (Å²) >= 11 is 6.87. The molecule has 2 aromatic heterocycles. The summed E-state index contributed by atoms with van der Waals surface area (Å²) < 4.78 is 27.3. The van der Waals surface area contributed by atoms with Crippen LogP contribution >= 0.6 is 22.9 Å². The number of hydrogen-bond acceptors (Lipinski definition) is 7. The standard InChI is InChI=1S/C14H15ClN4O4S2/c1-10-8-11(19(20)21)9-16-14(10)17-4-6-18(7-5-17)25(22,23)13-3-2-12(15)24-13/h2-3,8-9H,4-7H2,1H3. The van der Waals surface area contributed by atoms with Gasteiger partial charge in [0.25, 0.3) is 15.7 Å². The van der Waals surface area contributed by atoms with Crippen LogP contribution in [0.3, 0.4) is 0 Å². The predicted molar refractivity (Wildman–Crippen MR) is 95.9 cm³/mol. The summed E-state index contributed by atoms with van der Waals surface area (Å²) in [7, 11) is -3.54. The van der Waals surface area contributed by atoms with Crippen LogP contribution in [0.15, 0.2) is 28.6 Å². The Bertz CT molecular complexity index is 907. The lowest BCUT2D eigenvalue weighted by Gasteiger charge is -2.34. The molecule has 1 aliphatic rings. The maximum atomic E-state index is 12.6. The number of thiophene rings is 1. The minimum absolute atomic E-state index is 0.0583. The smallest absolute Gasteiger partial charge is 0.287 e. The van der Waals surface area contributed by atoms with Crippen LogP contribution in [0.4, 0.5) is 11.5 Å². The van der Waals surface area contributed by atoms with E-state index in [1.165, 1.54) is 22.6 Å². The Morgan fingerprint density at radius 3 is 2.48 bits per heavy atom.